The molecule has 2 N–H and O–H groups in total. The number of carbonyl (C=O) groups is 2. The second kappa shape index (κ2) is 8.48. The highest BCUT2D eigenvalue weighted by atomic mass is 32.2. The zero-order valence-corrected chi connectivity index (χ0v) is 18.6. The lowest BCUT2D eigenvalue weighted by Crippen LogP contribution is -2.49. The van der Waals surface area contributed by atoms with E-state index < -0.39 is 22.7 Å². The number of allylic oxidation sites excluding steroid dienone is 1. The van der Waals surface area contributed by atoms with E-state index in [0.717, 1.165) is 22.2 Å². The summed E-state index contributed by atoms with van der Waals surface area (Å²) < 4.78 is 1.51. The highest BCUT2D eigenvalue weighted by molar-refractivity contribution is 8.00. The Balaban J connectivity index is 2.30. The molecule has 9 heteroatoms. The van der Waals surface area contributed by atoms with Gasteiger partial charge in [-0.1, -0.05) is 17.8 Å². The van der Waals surface area contributed by atoms with Gasteiger partial charge in [0.25, 0.3) is 5.56 Å². The Morgan fingerprint density at radius 1 is 1.36 bits per heavy atom. The van der Waals surface area contributed by atoms with Crippen LogP contribution in [-0.4, -0.2) is 32.3 Å². The van der Waals surface area contributed by atoms with E-state index in [-0.39, 0.29) is 12.1 Å². The lowest BCUT2D eigenvalue weighted by molar-refractivity contribution is -0.119. The van der Waals surface area contributed by atoms with Gasteiger partial charge in [0, 0.05) is 17.0 Å². The van der Waals surface area contributed by atoms with Crippen LogP contribution in [0.25, 0.3) is 10.2 Å². The molecule has 3 amide bonds. The zero-order chi connectivity index (χ0) is 21.2. The second-order valence-electron chi connectivity index (χ2n) is 7.52. The maximum absolute atomic E-state index is 13.0. The Bertz CT molecular complexity index is 986. The second-order valence-corrected chi connectivity index (χ2v) is 10.0. The number of hydrogen-bond acceptors (Lipinski definition) is 6. The van der Waals surface area contributed by atoms with Crippen molar-refractivity contribution in [2.45, 2.75) is 64.0 Å². The first kappa shape index (κ1) is 22.2. The van der Waals surface area contributed by atoms with Crippen molar-refractivity contribution in [3.63, 3.8) is 0 Å². The maximum atomic E-state index is 13.0. The molecule has 0 aliphatic rings. The van der Waals surface area contributed by atoms with E-state index >= 15 is 0 Å². The number of thiophene rings is 1. The number of aromatic nitrogens is 2. The summed E-state index contributed by atoms with van der Waals surface area (Å²) in [6.45, 7) is 15.0. The summed E-state index contributed by atoms with van der Waals surface area (Å²) in [6, 6.07) is -0.554. The van der Waals surface area contributed by atoms with Crippen LogP contribution in [0.2, 0.25) is 0 Å². The molecule has 0 bridgehead atoms. The molecule has 2 aromatic heterocycles. The summed E-state index contributed by atoms with van der Waals surface area (Å²) in [5, 5.41) is 5.43. The third-order valence-electron chi connectivity index (χ3n) is 3.94. The number of nitrogens with zero attached hydrogens (tertiary/aromatic N) is 2. The number of rotatable bonds is 5. The summed E-state index contributed by atoms with van der Waals surface area (Å²) in [7, 11) is 0. The molecule has 1 atom stereocenters. The number of hydrogen-bond donors (Lipinski definition) is 2. The summed E-state index contributed by atoms with van der Waals surface area (Å²) in [5.74, 6) is -0.454. The van der Waals surface area contributed by atoms with Crippen molar-refractivity contribution in [2.75, 3.05) is 0 Å². The van der Waals surface area contributed by atoms with Crippen molar-refractivity contribution in [1.29, 1.82) is 0 Å². The number of thioether (sulfide) groups is 1. The molecule has 0 unspecified atom stereocenters. The first-order valence-electron chi connectivity index (χ1n) is 8.85. The van der Waals surface area contributed by atoms with Gasteiger partial charge in [0.2, 0.25) is 5.91 Å². The summed E-state index contributed by atoms with van der Waals surface area (Å²) in [5.41, 5.74) is 0.330. The van der Waals surface area contributed by atoms with Crippen LogP contribution < -0.4 is 16.2 Å². The lowest BCUT2D eigenvalue weighted by atomic mass is 10.1. The lowest BCUT2D eigenvalue weighted by Gasteiger charge is -2.21. The molecule has 0 fully saturated rings. The van der Waals surface area contributed by atoms with Crippen molar-refractivity contribution < 1.29 is 9.59 Å². The van der Waals surface area contributed by atoms with Crippen LogP contribution in [0, 0.1) is 13.8 Å². The number of fused-ring (bicyclic) bond motifs is 1. The van der Waals surface area contributed by atoms with Gasteiger partial charge in [-0.2, -0.15) is 0 Å². The SMILES string of the molecule is C=CCn1c(S[C@@H](C)C(=O)NC(=O)NC(C)(C)C)nc2sc(C)c(C)c2c1=O. The number of amides is 3. The Morgan fingerprint density at radius 3 is 2.57 bits per heavy atom. The van der Waals surface area contributed by atoms with E-state index in [4.69, 9.17) is 0 Å². The monoisotopic (exact) mass is 422 g/mol. The maximum Gasteiger partial charge on any atom is 0.321 e. The van der Waals surface area contributed by atoms with E-state index in [0.29, 0.717) is 15.4 Å². The van der Waals surface area contributed by atoms with Crippen molar-refractivity contribution in [3.05, 3.63) is 33.4 Å². The molecule has 2 aromatic rings. The smallest absolute Gasteiger partial charge is 0.321 e. The quantitative estimate of drug-likeness (QED) is 0.438. The molecule has 28 heavy (non-hydrogen) atoms. The van der Waals surface area contributed by atoms with Gasteiger partial charge in [0.15, 0.2) is 5.16 Å². The van der Waals surface area contributed by atoms with Crippen LogP contribution >= 0.6 is 23.1 Å². The van der Waals surface area contributed by atoms with Gasteiger partial charge in [0.05, 0.1) is 10.6 Å². The fourth-order valence-electron chi connectivity index (χ4n) is 2.49. The molecule has 2 heterocycles. The van der Waals surface area contributed by atoms with Crippen LogP contribution in [-0.2, 0) is 11.3 Å². The summed E-state index contributed by atoms with van der Waals surface area (Å²) >= 11 is 2.60. The predicted molar refractivity (Wildman–Crippen MR) is 115 cm³/mol. The third-order valence-corrected chi connectivity index (χ3v) is 6.13. The highest BCUT2D eigenvalue weighted by Gasteiger charge is 2.23. The number of aryl methyl sites for hydroxylation is 2. The van der Waals surface area contributed by atoms with Gasteiger partial charge >= 0.3 is 6.03 Å². The van der Waals surface area contributed by atoms with Crippen molar-refractivity contribution in [2.24, 2.45) is 0 Å². The fourth-order valence-corrected chi connectivity index (χ4v) is 4.47. The van der Waals surface area contributed by atoms with Crippen molar-refractivity contribution in [1.82, 2.24) is 20.2 Å². The molecule has 2 rings (SSSR count). The molecule has 0 saturated carbocycles. The standard InChI is InChI=1S/C19H26N4O3S2/c1-8-9-23-16(25)13-10(2)11(3)27-15(13)21-18(23)28-12(4)14(24)20-17(26)22-19(5,6)7/h8,12H,1,9H2,2-7H3,(H2,20,22,24,26)/t12-/m0/s1. The minimum absolute atomic E-state index is 0.146. The Labute approximate surface area is 172 Å². The number of imide groups is 1. The largest absolute Gasteiger partial charge is 0.333 e. The summed E-state index contributed by atoms with van der Waals surface area (Å²) in [4.78, 5) is 43.6. The number of urea groups is 1. The third kappa shape index (κ3) is 5.02. The van der Waals surface area contributed by atoms with Gasteiger partial charge in [-0.25, -0.2) is 9.78 Å². The minimum atomic E-state index is -0.617. The average molecular weight is 423 g/mol. The molecule has 0 aliphatic carbocycles. The topological polar surface area (TPSA) is 93.1 Å². The van der Waals surface area contributed by atoms with Crippen LogP contribution in [0.5, 0.6) is 0 Å². The highest BCUT2D eigenvalue weighted by Crippen LogP contribution is 2.29. The molecule has 0 spiro atoms. The van der Waals surface area contributed by atoms with E-state index in [1.165, 1.54) is 15.9 Å². The molecular weight excluding hydrogens is 396 g/mol. The van der Waals surface area contributed by atoms with Crippen LogP contribution in [0.4, 0.5) is 4.79 Å². The van der Waals surface area contributed by atoms with Gasteiger partial charge in [-0.3, -0.25) is 19.5 Å². The van der Waals surface area contributed by atoms with Gasteiger partial charge in [0.1, 0.15) is 4.83 Å². The molecule has 7 nitrogen and oxygen atoms in total. The van der Waals surface area contributed by atoms with E-state index in [2.05, 4.69) is 22.2 Å². The van der Waals surface area contributed by atoms with Crippen LogP contribution in [0.3, 0.4) is 0 Å². The van der Waals surface area contributed by atoms with Crippen LogP contribution in [0.15, 0.2) is 22.6 Å². The van der Waals surface area contributed by atoms with Crippen molar-refractivity contribution >= 4 is 45.3 Å². The first-order valence-corrected chi connectivity index (χ1v) is 10.5. The minimum Gasteiger partial charge on any atom is -0.333 e. The Kier molecular flexibility index (Phi) is 6.71. The van der Waals surface area contributed by atoms with Gasteiger partial charge in [-0.05, 0) is 47.1 Å². The number of carbonyl (C=O) groups excluding carboxylic acids is 2. The predicted octanol–water partition coefficient (Wildman–Crippen LogP) is 3.37. The first-order chi connectivity index (χ1) is 12.9. The zero-order valence-electron chi connectivity index (χ0n) is 17.0. The Hall–Kier alpha value is -2.13. The van der Waals surface area contributed by atoms with Gasteiger partial charge < -0.3 is 5.32 Å². The van der Waals surface area contributed by atoms with Crippen LogP contribution in [0.1, 0.15) is 38.1 Å². The summed E-state index contributed by atoms with van der Waals surface area (Å²) in [6.07, 6.45) is 1.62. The van der Waals surface area contributed by atoms with E-state index in [9.17, 15) is 14.4 Å². The molecule has 0 radical (unpaired) electrons. The molecule has 0 aliphatic heterocycles. The van der Waals surface area contributed by atoms with Gasteiger partial charge in [-0.15, -0.1) is 17.9 Å². The normalized spacial score (nSPS) is 12.6. The number of nitrogens with one attached hydrogen (secondary N) is 2. The Morgan fingerprint density at radius 2 is 2.00 bits per heavy atom. The molecule has 152 valence electrons. The molecule has 0 saturated heterocycles. The fraction of sp³-hybridized carbons (Fsp3) is 0.474. The van der Waals surface area contributed by atoms with E-state index in [1.807, 2.05) is 34.6 Å². The molecular formula is C19H26N4O3S2. The van der Waals surface area contributed by atoms with E-state index in [1.54, 1.807) is 13.0 Å². The molecule has 0 aromatic carbocycles. The van der Waals surface area contributed by atoms with Crippen molar-refractivity contribution in [3.8, 4) is 0 Å². The average Bonchev–Trinajstić information content (AvgIpc) is 2.83.